The lowest BCUT2D eigenvalue weighted by atomic mass is 9.64. The van der Waals surface area contributed by atoms with Crippen molar-refractivity contribution in [2.24, 2.45) is 11.8 Å². The second-order valence-corrected chi connectivity index (χ2v) is 10.1. The lowest BCUT2D eigenvalue weighted by Gasteiger charge is -2.55. The first-order valence-corrected chi connectivity index (χ1v) is 12.0. The van der Waals surface area contributed by atoms with Crippen LogP contribution in [-0.4, -0.2) is 26.7 Å². The molecule has 3 saturated carbocycles. The molecule has 6 rings (SSSR count). The fraction of sp³-hybridized carbons (Fsp3) is 0.640. The van der Waals surface area contributed by atoms with E-state index >= 15 is 0 Å². The molecule has 1 spiro atoms. The van der Waals surface area contributed by atoms with Crippen molar-refractivity contribution in [3.8, 4) is 11.4 Å². The molecule has 0 N–H and O–H groups in total. The first-order chi connectivity index (χ1) is 14.7. The van der Waals surface area contributed by atoms with Gasteiger partial charge in [-0.05, 0) is 45.4 Å². The number of carbonyl (C=O) groups is 1. The Morgan fingerprint density at radius 3 is 2.43 bits per heavy atom. The Bertz CT molecular complexity index is 952. The van der Waals surface area contributed by atoms with Gasteiger partial charge in [0, 0.05) is 23.4 Å². The lowest BCUT2D eigenvalue weighted by Crippen LogP contribution is -2.61. The van der Waals surface area contributed by atoms with Gasteiger partial charge < -0.3 is 0 Å². The zero-order valence-corrected chi connectivity index (χ0v) is 18.0. The average molecular weight is 405 g/mol. The molecular formula is C25H32N4O. The van der Waals surface area contributed by atoms with E-state index in [2.05, 4.69) is 40.8 Å². The van der Waals surface area contributed by atoms with Crippen LogP contribution in [0.3, 0.4) is 0 Å². The van der Waals surface area contributed by atoms with Crippen molar-refractivity contribution in [3.05, 3.63) is 29.8 Å². The predicted molar refractivity (Wildman–Crippen MR) is 117 cm³/mol. The number of hydrogen-bond donors (Lipinski definition) is 0. The molecule has 158 valence electrons. The highest BCUT2D eigenvalue weighted by Gasteiger charge is 2.56. The van der Waals surface area contributed by atoms with Gasteiger partial charge in [-0.3, -0.25) is 9.69 Å². The van der Waals surface area contributed by atoms with Crippen LogP contribution in [-0.2, 0) is 10.3 Å². The predicted octanol–water partition coefficient (Wildman–Crippen LogP) is 5.23. The summed E-state index contributed by atoms with van der Waals surface area (Å²) in [6.45, 7) is 2.10. The molecule has 3 aliphatic carbocycles. The molecule has 1 aromatic heterocycles. The monoisotopic (exact) mass is 404 g/mol. The Kier molecular flexibility index (Phi) is 4.29. The normalized spacial score (nSPS) is 27.6. The van der Waals surface area contributed by atoms with Crippen LogP contribution in [0.4, 0.5) is 5.95 Å². The van der Waals surface area contributed by atoms with Gasteiger partial charge in [-0.25, -0.2) is 4.68 Å². The van der Waals surface area contributed by atoms with Crippen LogP contribution in [0.25, 0.3) is 11.4 Å². The van der Waals surface area contributed by atoms with Crippen molar-refractivity contribution in [1.82, 2.24) is 14.8 Å². The van der Waals surface area contributed by atoms with Gasteiger partial charge in [0.2, 0.25) is 11.9 Å². The Morgan fingerprint density at radius 2 is 1.70 bits per heavy atom. The highest BCUT2D eigenvalue weighted by molar-refractivity contribution is 5.96. The standard InChI is InChI=1S/C25H32N4O/c1-17-9-11-18(12-10-17)22-26-24-28(23(30)19-13-14-19)21-8-4-3-7-20(21)25(29(24)27-22)15-5-2-6-16-25/h9-12,19-21H,2-8,13-16H2,1H3/t20-,21+/m1/s1. The molecule has 2 atom stereocenters. The maximum atomic E-state index is 13.5. The van der Waals surface area contributed by atoms with Gasteiger partial charge in [-0.1, -0.05) is 61.9 Å². The lowest BCUT2D eigenvalue weighted by molar-refractivity contribution is -0.122. The first-order valence-electron chi connectivity index (χ1n) is 12.0. The van der Waals surface area contributed by atoms with Gasteiger partial charge in [0.05, 0.1) is 5.54 Å². The molecule has 0 radical (unpaired) electrons. The molecule has 3 fully saturated rings. The van der Waals surface area contributed by atoms with Crippen LogP contribution >= 0.6 is 0 Å². The number of benzene rings is 1. The summed E-state index contributed by atoms with van der Waals surface area (Å²) in [5, 5.41) is 5.14. The van der Waals surface area contributed by atoms with E-state index in [1.54, 1.807) is 0 Å². The molecule has 1 aliphatic heterocycles. The van der Waals surface area contributed by atoms with Gasteiger partial charge >= 0.3 is 0 Å². The molecule has 30 heavy (non-hydrogen) atoms. The smallest absolute Gasteiger partial charge is 0.232 e. The van der Waals surface area contributed by atoms with E-state index in [-0.39, 0.29) is 11.5 Å². The van der Waals surface area contributed by atoms with E-state index < -0.39 is 0 Å². The Morgan fingerprint density at radius 1 is 0.967 bits per heavy atom. The van der Waals surface area contributed by atoms with Crippen LogP contribution in [0.15, 0.2) is 24.3 Å². The van der Waals surface area contributed by atoms with Crippen molar-refractivity contribution in [1.29, 1.82) is 0 Å². The number of anilines is 1. The fourth-order valence-electron chi connectivity index (χ4n) is 6.47. The Balaban J connectivity index is 1.53. The van der Waals surface area contributed by atoms with Crippen molar-refractivity contribution in [2.45, 2.75) is 89.1 Å². The summed E-state index contributed by atoms with van der Waals surface area (Å²) in [5.74, 6) is 2.66. The quantitative estimate of drug-likeness (QED) is 0.689. The van der Waals surface area contributed by atoms with E-state index in [1.165, 1.54) is 56.9 Å². The summed E-state index contributed by atoms with van der Waals surface area (Å²) in [4.78, 5) is 20.7. The number of amides is 1. The third-order valence-corrected chi connectivity index (χ3v) is 8.17. The van der Waals surface area contributed by atoms with Gasteiger partial charge in [-0.15, -0.1) is 5.10 Å². The molecule has 1 aromatic carbocycles. The first kappa shape index (κ1) is 18.6. The van der Waals surface area contributed by atoms with Crippen LogP contribution in [0.2, 0.25) is 0 Å². The van der Waals surface area contributed by atoms with Crippen LogP contribution in [0, 0.1) is 18.8 Å². The van der Waals surface area contributed by atoms with E-state index in [0.717, 1.165) is 36.6 Å². The molecule has 2 heterocycles. The minimum absolute atomic E-state index is 0.0505. The number of fused-ring (bicyclic) bond motifs is 4. The number of hydrogen-bond acceptors (Lipinski definition) is 3. The maximum absolute atomic E-state index is 13.5. The molecular weight excluding hydrogens is 372 g/mol. The molecule has 0 bridgehead atoms. The highest BCUT2D eigenvalue weighted by atomic mass is 16.2. The third-order valence-electron chi connectivity index (χ3n) is 8.17. The number of carbonyl (C=O) groups excluding carboxylic acids is 1. The molecule has 1 amide bonds. The molecule has 4 aliphatic rings. The molecule has 0 unspecified atom stereocenters. The molecule has 2 aromatic rings. The number of aromatic nitrogens is 3. The van der Waals surface area contributed by atoms with E-state index in [0.29, 0.717) is 17.9 Å². The summed E-state index contributed by atoms with van der Waals surface area (Å²) in [5.41, 5.74) is 2.34. The van der Waals surface area contributed by atoms with Crippen LogP contribution < -0.4 is 4.90 Å². The van der Waals surface area contributed by atoms with Gasteiger partial charge in [-0.2, -0.15) is 4.98 Å². The maximum Gasteiger partial charge on any atom is 0.232 e. The average Bonchev–Trinajstić information content (AvgIpc) is 3.54. The van der Waals surface area contributed by atoms with Gasteiger partial charge in [0.25, 0.3) is 0 Å². The minimum atomic E-state index is 0.0505. The van der Waals surface area contributed by atoms with Crippen molar-refractivity contribution in [2.75, 3.05) is 4.90 Å². The highest BCUT2D eigenvalue weighted by Crippen LogP contribution is 2.53. The second kappa shape index (κ2) is 6.93. The SMILES string of the molecule is Cc1ccc(-c2nc3n(n2)C2(CCCCC2)[C@@H]2CCCC[C@@H]2N3C(=O)C2CC2)cc1. The van der Waals surface area contributed by atoms with Gasteiger partial charge in [0.15, 0.2) is 5.82 Å². The summed E-state index contributed by atoms with van der Waals surface area (Å²) in [7, 11) is 0. The minimum Gasteiger partial charge on any atom is -0.277 e. The topological polar surface area (TPSA) is 51.0 Å². The number of rotatable bonds is 2. The van der Waals surface area contributed by atoms with E-state index in [4.69, 9.17) is 10.1 Å². The summed E-state index contributed by atoms with van der Waals surface area (Å²) >= 11 is 0. The zero-order chi connectivity index (χ0) is 20.3. The fourth-order valence-corrected chi connectivity index (χ4v) is 6.47. The largest absolute Gasteiger partial charge is 0.277 e. The Hall–Kier alpha value is -2.17. The molecule has 0 saturated heterocycles. The zero-order valence-electron chi connectivity index (χ0n) is 18.0. The number of aryl methyl sites for hydroxylation is 1. The third kappa shape index (κ3) is 2.77. The van der Waals surface area contributed by atoms with Crippen LogP contribution in [0.1, 0.15) is 76.2 Å². The summed E-state index contributed by atoms with van der Waals surface area (Å²) in [6, 6.07) is 8.79. The van der Waals surface area contributed by atoms with Crippen molar-refractivity contribution in [3.63, 3.8) is 0 Å². The van der Waals surface area contributed by atoms with E-state index in [9.17, 15) is 4.79 Å². The molecule has 5 heteroatoms. The molecule has 5 nitrogen and oxygen atoms in total. The summed E-state index contributed by atoms with van der Waals surface area (Å²) in [6.07, 6.45) is 13.1. The Labute approximate surface area is 178 Å². The summed E-state index contributed by atoms with van der Waals surface area (Å²) < 4.78 is 2.24. The van der Waals surface area contributed by atoms with E-state index in [1.807, 2.05) is 0 Å². The second-order valence-electron chi connectivity index (χ2n) is 10.1. The van der Waals surface area contributed by atoms with Crippen molar-refractivity contribution >= 4 is 11.9 Å². The van der Waals surface area contributed by atoms with Crippen LogP contribution in [0.5, 0.6) is 0 Å². The van der Waals surface area contributed by atoms with Gasteiger partial charge in [0.1, 0.15) is 0 Å². The van der Waals surface area contributed by atoms with Crippen molar-refractivity contribution < 1.29 is 4.79 Å². The number of nitrogens with zero attached hydrogens (tertiary/aromatic N) is 4.